The van der Waals surface area contributed by atoms with E-state index >= 15 is 0 Å². The second kappa shape index (κ2) is 6.93. The van der Waals surface area contributed by atoms with Gasteiger partial charge >= 0.3 is 0 Å². The van der Waals surface area contributed by atoms with Gasteiger partial charge in [0.25, 0.3) is 0 Å². The van der Waals surface area contributed by atoms with E-state index < -0.39 is 0 Å². The van der Waals surface area contributed by atoms with Crippen molar-refractivity contribution in [3.8, 4) is 11.8 Å². The van der Waals surface area contributed by atoms with Crippen molar-refractivity contribution in [2.24, 2.45) is 0 Å². The maximum Gasteiger partial charge on any atom is 0.0991 e. The number of aromatic nitrogens is 1. The molecule has 0 bridgehead atoms. The highest BCUT2D eigenvalue weighted by Crippen LogP contribution is 2.26. The monoisotopic (exact) mass is 349 g/mol. The van der Waals surface area contributed by atoms with Crippen LogP contribution in [0.4, 0.5) is 0 Å². The van der Waals surface area contributed by atoms with Crippen molar-refractivity contribution in [1.82, 2.24) is 4.57 Å². The Kier molecular flexibility index (Phi) is 4.32. The Hall–Kier alpha value is -3.64. The summed E-state index contributed by atoms with van der Waals surface area (Å²) in [6.45, 7) is 2.09. The van der Waals surface area contributed by atoms with Gasteiger partial charge in [-0.3, -0.25) is 0 Å². The van der Waals surface area contributed by atoms with Gasteiger partial charge in [0.05, 0.1) is 17.1 Å². The van der Waals surface area contributed by atoms with Gasteiger partial charge in [0.15, 0.2) is 0 Å². The third kappa shape index (κ3) is 3.14. The zero-order chi connectivity index (χ0) is 18.8. The summed E-state index contributed by atoms with van der Waals surface area (Å²) in [5.74, 6) is 0. The fourth-order valence-corrected chi connectivity index (χ4v) is 3.42. The van der Waals surface area contributed by atoms with Crippen molar-refractivity contribution in [1.29, 1.82) is 10.7 Å². The highest BCUT2D eigenvalue weighted by atomic mass is 15.0. The van der Waals surface area contributed by atoms with E-state index in [1.165, 1.54) is 11.1 Å². The van der Waals surface area contributed by atoms with Crippen molar-refractivity contribution in [2.45, 2.75) is 13.3 Å². The lowest BCUT2D eigenvalue weighted by Crippen LogP contribution is -2.04. The topological polar surface area (TPSA) is 52.6 Å². The number of hydrogen-bond acceptors (Lipinski definition) is 2. The summed E-state index contributed by atoms with van der Waals surface area (Å²) in [6.07, 6.45) is 2.64. The number of aryl methyl sites for hydroxylation is 1. The molecular weight excluding hydrogens is 330 g/mol. The predicted octanol–water partition coefficient (Wildman–Crippen LogP) is 5.42. The zero-order valence-electron chi connectivity index (χ0n) is 15.1. The molecule has 4 rings (SSSR count). The first-order valence-electron chi connectivity index (χ1n) is 8.90. The number of rotatable bonds is 4. The van der Waals surface area contributed by atoms with E-state index in [1.54, 1.807) is 0 Å². The molecule has 0 spiro atoms. The molecule has 0 saturated carbocycles. The molecule has 0 radical (unpaired) electrons. The highest BCUT2D eigenvalue weighted by Gasteiger charge is 2.14. The van der Waals surface area contributed by atoms with Gasteiger partial charge in [-0.15, -0.1) is 0 Å². The molecule has 1 N–H and O–H groups in total. The predicted molar refractivity (Wildman–Crippen MR) is 110 cm³/mol. The molecule has 0 fully saturated rings. The van der Waals surface area contributed by atoms with Crippen molar-refractivity contribution in [2.75, 3.05) is 0 Å². The van der Waals surface area contributed by atoms with Crippen LogP contribution in [-0.2, 0) is 6.42 Å². The molecule has 0 aliphatic heterocycles. The number of nitrogens with zero attached hydrogens (tertiary/aromatic N) is 2. The fourth-order valence-electron chi connectivity index (χ4n) is 3.42. The second-order valence-electron chi connectivity index (χ2n) is 6.67. The summed E-state index contributed by atoms with van der Waals surface area (Å²) in [5, 5.41) is 18.8. The number of para-hydroxylation sites is 1. The van der Waals surface area contributed by atoms with Crippen LogP contribution in [0, 0.1) is 23.7 Å². The van der Waals surface area contributed by atoms with E-state index in [0.29, 0.717) is 17.7 Å². The van der Waals surface area contributed by atoms with E-state index in [9.17, 15) is 0 Å². The summed E-state index contributed by atoms with van der Waals surface area (Å²) in [5.41, 5.74) is 6.62. The smallest absolute Gasteiger partial charge is 0.0991 e. The fraction of sp³-hybridized carbons (Fsp3) is 0.0833. The van der Waals surface area contributed by atoms with Crippen LogP contribution in [-0.4, -0.2) is 10.3 Å². The Balaban J connectivity index is 1.79. The van der Waals surface area contributed by atoms with Gasteiger partial charge in [-0.25, -0.2) is 0 Å². The van der Waals surface area contributed by atoms with Crippen molar-refractivity contribution in [3.05, 3.63) is 101 Å². The molecule has 27 heavy (non-hydrogen) atoms. The number of hydrogen-bond donors (Lipinski definition) is 1. The van der Waals surface area contributed by atoms with E-state index in [4.69, 9.17) is 10.7 Å². The van der Waals surface area contributed by atoms with Crippen LogP contribution in [0.2, 0.25) is 0 Å². The Morgan fingerprint density at radius 2 is 1.67 bits per heavy atom. The summed E-state index contributed by atoms with van der Waals surface area (Å²) < 4.78 is 2.10. The quantitative estimate of drug-likeness (QED) is 0.491. The van der Waals surface area contributed by atoms with Gasteiger partial charge in [0, 0.05) is 35.0 Å². The minimum atomic E-state index is 0.605. The van der Waals surface area contributed by atoms with Crippen LogP contribution in [0.15, 0.2) is 79.0 Å². The van der Waals surface area contributed by atoms with Crippen molar-refractivity contribution in [3.63, 3.8) is 0 Å². The standard InChI is InChI=1S/C24H19N3/c1-17-6-2-3-7-19(17)14-23(26)22-16-27(24-9-5-4-8-21(22)24)20-12-10-18(15-25)11-13-20/h2-13,16,26H,14H2,1H3. The minimum absolute atomic E-state index is 0.605. The van der Waals surface area contributed by atoms with Crippen molar-refractivity contribution >= 4 is 16.6 Å². The third-order valence-electron chi connectivity index (χ3n) is 4.94. The molecule has 130 valence electrons. The van der Waals surface area contributed by atoms with Crippen LogP contribution >= 0.6 is 0 Å². The zero-order valence-corrected chi connectivity index (χ0v) is 15.1. The summed E-state index contributed by atoms with van der Waals surface area (Å²) in [7, 11) is 0. The Morgan fingerprint density at radius 3 is 2.41 bits per heavy atom. The average Bonchev–Trinajstić information content (AvgIpc) is 3.10. The number of benzene rings is 3. The molecule has 0 aliphatic rings. The van der Waals surface area contributed by atoms with Crippen LogP contribution in [0.25, 0.3) is 16.6 Å². The second-order valence-corrected chi connectivity index (χ2v) is 6.67. The molecule has 3 nitrogen and oxygen atoms in total. The molecule has 0 amide bonds. The van der Waals surface area contributed by atoms with Crippen LogP contribution in [0.5, 0.6) is 0 Å². The lowest BCUT2D eigenvalue weighted by atomic mass is 9.99. The first-order chi connectivity index (χ1) is 13.2. The first kappa shape index (κ1) is 16.8. The summed E-state index contributed by atoms with van der Waals surface area (Å²) >= 11 is 0. The SMILES string of the molecule is Cc1ccccc1CC(=N)c1cn(-c2ccc(C#N)cc2)c2ccccc12. The van der Waals surface area contributed by atoms with E-state index in [1.807, 2.05) is 54.7 Å². The molecule has 1 aromatic heterocycles. The maximum absolute atomic E-state index is 9.03. The van der Waals surface area contributed by atoms with E-state index in [0.717, 1.165) is 22.2 Å². The van der Waals surface area contributed by atoms with Crippen LogP contribution < -0.4 is 0 Å². The maximum atomic E-state index is 9.03. The lowest BCUT2D eigenvalue weighted by molar-refractivity contribution is 1.12. The van der Waals surface area contributed by atoms with Crippen LogP contribution in [0.1, 0.15) is 22.3 Å². The Morgan fingerprint density at radius 1 is 0.963 bits per heavy atom. The molecule has 0 aliphatic carbocycles. The number of nitrogens with one attached hydrogen (secondary N) is 1. The van der Waals surface area contributed by atoms with Crippen LogP contribution in [0.3, 0.4) is 0 Å². The molecule has 1 heterocycles. The van der Waals surface area contributed by atoms with Gasteiger partial charge in [-0.2, -0.15) is 5.26 Å². The summed E-state index contributed by atoms with van der Waals surface area (Å²) in [4.78, 5) is 0. The molecule has 3 aromatic carbocycles. The van der Waals surface area contributed by atoms with Gasteiger partial charge in [0.1, 0.15) is 0 Å². The van der Waals surface area contributed by atoms with E-state index in [2.05, 4.69) is 41.8 Å². The Labute approximate surface area is 158 Å². The minimum Gasteiger partial charge on any atom is -0.316 e. The molecule has 3 heteroatoms. The Bertz CT molecular complexity index is 1170. The molecule has 4 aromatic rings. The largest absolute Gasteiger partial charge is 0.316 e. The molecule has 0 atom stereocenters. The van der Waals surface area contributed by atoms with Gasteiger partial charge in [-0.1, -0.05) is 42.5 Å². The third-order valence-corrected chi connectivity index (χ3v) is 4.94. The number of fused-ring (bicyclic) bond motifs is 1. The molecular formula is C24H19N3. The van der Waals surface area contributed by atoms with E-state index in [-0.39, 0.29) is 0 Å². The number of nitriles is 1. The first-order valence-corrected chi connectivity index (χ1v) is 8.90. The lowest BCUT2D eigenvalue weighted by Gasteiger charge is -2.06. The summed E-state index contributed by atoms with van der Waals surface area (Å²) in [6, 6.07) is 26.1. The van der Waals surface area contributed by atoms with Gasteiger partial charge in [-0.05, 0) is 48.4 Å². The van der Waals surface area contributed by atoms with Crippen molar-refractivity contribution < 1.29 is 0 Å². The van der Waals surface area contributed by atoms with Gasteiger partial charge in [0.2, 0.25) is 0 Å². The average molecular weight is 349 g/mol. The molecule has 0 saturated heterocycles. The highest BCUT2D eigenvalue weighted by molar-refractivity contribution is 6.10. The van der Waals surface area contributed by atoms with Gasteiger partial charge < -0.3 is 9.98 Å². The molecule has 0 unspecified atom stereocenters. The normalized spacial score (nSPS) is 10.7.